The zero-order chi connectivity index (χ0) is 15.5. The van der Waals surface area contributed by atoms with E-state index >= 15 is 0 Å². The second kappa shape index (κ2) is 6.13. The molecular weight excluding hydrogens is 260 g/mol. The van der Waals surface area contributed by atoms with E-state index in [1.165, 1.54) is 16.3 Å². The summed E-state index contributed by atoms with van der Waals surface area (Å²) in [5.74, 6) is -0.316. The zero-order valence-electron chi connectivity index (χ0n) is 13.0. The molecule has 2 rings (SSSR count). The summed E-state index contributed by atoms with van der Waals surface area (Å²) in [6.07, 6.45) is 0.778. The van der Waals surface area contributed by atoms with Crippen molar-refractivity contribution in [1.82, 2.24) is 0 Å². The first kappa shape index (κ1) is 15.3. The molecule has 21 heavy (non-hydrogen) atoms. The molecule has 2 nitrogen and oxygen atoms in total. The van der Waals surface area contributed by atoms with Gasteiger partial charge >= 0.3 is 5.97 Å². The van der Waals surface area contributed by atoms with Gasteiger partial charge in [0.1, 0.15) is 0 Å². The normalized spacial score (nSPS) is 11.4. The van der Waals surface area contributed by atoms with Crippen LogP contribution in [0, 0.1) is 0 Å². The van der Waals surface area contributed by atoms with Crippen LogP contribution in [-0.2, 0) is 14.9 Å². The summed E-state index contributed by atoms with van der Waals surface area (Å²) in [6, 6.07) is 14.7. The maximum absolute atomic E-state index is 11.5. The molecule has 0 aliphatic heterocycles. The van der Waals surface area contributed by atoms with Crippen LogP contribution in [0.4, 0.5) is 0 Å². The van der Waals surface area contributed by atoms with Crippen LogP contribution in [0.5, 0.6) is 0 Å². The van der Waals surface area contributed by atoms with Crippen molar-refractivity contribution < 1.29 is 9.53 Å². The Morgan fingerprint density at radius 3 is 2.52 bits per heavy atom. The van der Waals surface area contributed by atoms with E-state index in [-0.39, 0.29) is 11.4 Å². The second-order valence-electron chi connectivity index (χ2n) is 6.08. The summed E-state index contributed by atoms with van der Waals surface area (Å²) in [4.78, 5) is 11.5. The minimum absolute atomic E-state index is 0.0593. The molecule has 2 heteroatoms. The van der Waals surface area contributed by atoms with E-state index in [0.717, 1.165) is 6.42 Å². The molecule has 0 atom stereocenters. The first-order valence-corrected chi connectivity index (χ1v) is 7.23. The van der Waals surface area contributed by atoms with E-state index in [1.54, 1.807) is 6.92 Å². The summed E-state index contributed by atoms with van der Waals surface area (Å²) < 4.78 is 5.23. The predicted molar refractivity (Wildman–Crippen MR) is 87.4 cm³/mol. The molecule has 0 radical (unpaired) electrons. The summed E-state index contributed by atoms with van der Waals surface area (Å²) in [6.45, 7) is 10.0. The molecule has 0 saturated heterocycles. The summed E-state index contributed by atoms with van der Waals surface area (Å²) >= 11 is 0. The van der Waals surface area contributed by atoms with Crippen LogP contribution in [0.15, 0.2) is 54.6 Å². The SMILES string of the molecule is C=C(C)C(=O)OCCC(C)(C)c1cccc2ccccc12. The highest BCUT2D eigenvalue weighted by atomic mass is 16.5. The topological polar surface area (TPSA) is 26.3 Å². The summed E-state index contributed by atoms with van der Waals surface area (Å²) in [7, 11) is 0. The van der Waals surface area contributed by atoms with Gasteiger partial charge < -0.3 is 4.74 Å². The molecule has 0 heterocycles. The fraction of sp³-hybridized carbons (Fsp3) is 0.316. The lowest BCUT2D eigenvalue weighted by Gasteiger charge is -2.26. The molecule has 0 unspecified atom stereocenters. The van der Waals surface area contributed by atoms with Crippen molar-refractivity contribution in [1.29, 1.82) is 0 Å². The van der Waals surface area contributed by atoms with Crippen molar-refractivity contribution in [3.63, 3.8) is 0 Å². The highest BCUT2D eigenvalue weighted by Gasteiger charge is 2.23. The molecule has 110 valence electrons. The molecule has 0 aromatic heterocycles. The maximum atomic E-state index is 11.5. The van der Waals surface area contributed by atoms with E-state index in [9.17, 15) is 4.79 Å². The molecule has 0 spiro atoms. The zero-order valence-corrected chi connectivity index (χ0v) is 13.0. The Labute approximate surface area is 126 Å². The van der Waals surface area contributed by atoms with Crippen LogP contribution in [0.3, 0.4) is 0 Å². The Balaban J connectivity index is 2.18. The Bertz CT molecular complexity index is 663. The predicted octanol–water partition coefficient (Wildman–Crippen LogP) is 4.63. The average Bonchev–Trinajstić information content (AvgIpc) is 2.46. The molecule has 0 aliphatic rings. The van der Waals surface area contributed by atoms with Gasteiger partial charge in [0.2, 0.25) is 0 Å². The smallest absolute Gasteiger partial charge is 0.333 e. The van der Waals surface area contributed by atoms with E-state index in [0.29, 0.717) is 12.2 Å². The number of ether oxygens (including phenoxy) is 1. The number of hydrogen-bond donors (Lipinski definition) is 0. The van der Waals surface area contributed by atoms with Crippen LogP contribution in [0.25, 0.3) is 10.8 Å². The fourth-order valence-electron chi connectivity index (χ4n) is 2.47. The van der Waals surface area contributed by atoms with Gasteiger partial charge in [-0.05, 0) is 35.1 Å². The van der Waals surface area contributed by atoms with Crippen LogP contribution < -0.4 is 0 Å². The number of carbonyl (C=O) groups is 1. The third-order valence-corrected chi connectivity index (χ3v) is 3.83. The molecule has 0 N–H and O–H groups in total. The molecule has 0 aliphatic carbocycles. The van der Waals surface area contributed by atoms with Crippen LogP contribution in [0.2, 0.25) is 0 Å². The van der Waals surface area contributed by atoms with Crippen molar-refractivity contribution in [2.75, 3.05) is 6.61 Å². The Morgan fingerprint density at radius 2 is 1.81 bits per heavy atom. The van der Waals surface area contributed by atoms with Crippen molar-refractivity contribution in [3.05, 3.63) is 60.2 Å². The van der Waals surface area contributed by atoms with Gasteiger partial charge in [0.05, 0.1) is 6.61 Å². The van der Waals surface area contributed by atoms with Gasteiger partial charge in [-0.25, -0.2) is 4.79 Å². The minimum Gasteiger partial charge on any atom is -0.462 e. The Hall–Kier alpha value is -2.09. The quantitative estimate of drug-likeness (QED) is 0.590. The molecule has 0 fully saturated rings. The second-order valence-corrected chi connectivity index (χ2v) is 6.08. The highest BCUT2D eigenvalue weighted by Crippen LogP contribution is 2.32. The van der Waals surface area contributed by atoms with Crippen LogP contribution >= 0.6 is 0 Å². The lowest BCUT2D eigenvalue weighted by atomic mass is 9.79. The van der Waals surface area contributed by atoms with Crippen LogP contribution in [-0.4, -0.2) is 12.6 Å². The lowest BCUT2D eigenvalue weighted by molar-refractivity contribution is -0.139. The third kappa shape index (κ3) is 3.52. The van der Waals surface area contributed by atoms with E-state index in [2.05, 4.69) is 56.8 Å². The number of esters is 1. The number of benzene rings is 2. The Kier molecular flexibility index (Phi) is 4.46. The molecule has 0 amide bonds. The van der Waals surface area contributed by atoms with Crippen molar-refractivity contribution in [2.45, 2.75) is 32.6 Å². The van der Waals surface area contributed by atoms with E-state index in [1.807, 2.05) is 6.07 Å². The van der Waals surface area contributed by atoms with E-state index < -0.39 is 0 Å². The molecule has 2 aromatic rings. The van der Waals surface area contributed by atoms with Crippen molar-refractivity contribution >= 4 is 16.7 Å². The number of hydrogen-bond acceptors (Lipinski definition) is 2. The molecule has 0 saturated carbocycles. The first-order chi connectivity index (χ1) is 9.92. The monoisotopic (exact) mass is 282 g/mol. The Morgan fingerprint density at radius 1 is 1.14 bits per heavy atom. The fourth-order valence-corrected chi connectivity index (χ4v) is 2.47. The van der Waals surface area contributed by atoms with Gasteiger partial charge in [0.25, 0.3) is 0 Å². The van der Waals surface area contributed by atoms with Gasteiger partial charge in [-0.15, -0.1) is 0 Å². The molecule has 2 aromatic carbocycles. The summed E-state index contributed by atoms with van der Waals surface area (Å²) in [5, 5.41) is 2.50. The third-order valence-electron chi connectivity index (χ3n) is 3.83. The number of rotatable bonds is 5. The van der Waals surface area contributed by atoms with Crippen LogP contribution in [0.1, 0.15) is 32.8 Å². The molecule has 0 bridgehead atoms. The first-order valence-electron chi connectivity index (χ1n) is 7.23. The van der Waals surface area contributed by atoms with Gasteiger partial charge in [-0.3, -0.25) is 0 Å². The number of fused-ring (bicyclic) bond motifs is 1. The standard InChI is InChI=1S/C19H22O2/c1-14(2)18(20)21-13-12-19(3,4)17-11-7-9-15-8-5-6-10-16(15)17/h5-11H,1,12-13H2,2-4H3. The summed E-state index contributed by atoms with van der Waals surface area (Å²) in [5.41, 5.74) is 1.67. The van der Waals surface area contributed by atoms with Gasteiger partial charge in [0, 0.05) is 5.57 Å². The maximum Gasteiger partial charge on any atom is 0.333 e. The average molecular weight is 282 g/mol. The van der Waals surface area contributed by atoms with Gasteiger partial charge in [-0.1, -0.05) is 62.9 Å². The van der Waals surface area contributed by atoms with Crippen molar-refractivity contribution in [2.24, 2.45) is 0 Å². The van der Waals surface area contributed by atoms with Crippen molar-refractivity contribution in [3.8, 4) is 0 Å². The highest BCUT2D eigenvalue weighted by molar-refractivity contribution is 5.87. The molecular formula is C19H22O2. The largest absolute Gasteiger partial charge is 0.462 e. The number of carbonyl (C=O) groups excluding carboxylic acids is 1. The lowest BCUT2D eigenvalue weighted by Crippen LogP contribution is -2.21. The van der Waals surface area contributed by atoms with Gasteiger partial charge in [0.15, 0.2) is 0 Å². The minimum atomic E-state index is -0.316. The van der Waals surface area contributed by atoms with E-state index in [4.69, 9.17) is 4.74 Å². The van der Waals surface area contributed by atoms with Gasteiger partial charge in [-0.2, -0.15) is 0 Å².